The zero-order chi connectivity index (χ0) is 17.2. The highest BCUT2D eigenvalue weighted by molar-refractivity contribution is 6.68. The predicted molar refractivity (Wildman–Crippen MR) is 86.0 cm³/mol. The Morgan fingerprint density at radius 2 is 1.95 bits per heavy atom. The summed E-state index contributed by atoms with van der Waals surface area (Å²) in [5, 5.41) is 9.89. The lowest BCUT2D eigenvalue weighted by molar-refractivity contribution is -0.125. The number of imide groups is 1. The van der Waals surface area contributed by atoms with Gasteiger partial charge in [-0.1, -0.05) is 61.7 Å². The van der Waals surface area contributed by atoms with Gasteiger partial charge in [0.2, 0.25) is 3.79 Å². The summed E-state index contributed by atoms with van der Waals surface area (Å²) in [5.74, 6) is -0.968. The van der Waals surface area contributed by atoms with Gasteiger partial charge in [-0.3, -0.25) is 4.79 Å². The van der Waals surface area contributed by atoms with Gasteiger partial charge in [-0.2, -0.15) is 0 Å². The van der Waals surface area contributed by atoms with Crippen LogP contribution in [0, 0.1) is 11.8 Å². The number of rotatable bonds is 4. The SMILES string of the molecule is C/C(=C\[C@@H](C)[C@H](O)C(Cl)(Cl)Cl)C(=O)N1C(=O)OC[C@H]1C(C)C. The second-order valence-electron chi connectivity index (χ2n) is 5.76. The van der Waals surface area contributed by atoms with Crippen LogP contribution in [0.15, 0.2) is 11.6 Å². The third kappa shape index (κ3) is 4.51. The molecule has 0 radical (unpaired) electrons. The summed E-state index contributed by atoms with van der Waals surface area (Å²) in [5.41, 5.74) is 0.283. The molecule has 0 bridgehead atoms. The number of carbonyl (C=O) groups is 2. The molecule has 2 amide bonds. The zero-order valence-electron chi connectivity index (χ0n) is 12.8. The maximum Gasteiger partial charge on any atom is 0.417 e. The maximum atomic E-state index is 12.5. The van der Waals surface area contributed by atoms with Crippen LogP contribution < -0.4 is 0 Å². The lowest BCUT2D eigenvalue weighted by Gasteiger charge is -2.25. The van der Waals surface area contributed by atoms with Crippen LogP contribution in [0.3, 0.4) is 0 Å². The molecule has 0 spiro atoms. The van der Waals surface area contributed by atoms with Crippen LogP contribution >= 0.6 is 34.8 Å². The lowest BCUT2D eigenvalue weighted by atomic mass is 10.0. The van der Waals surface area contributed by atoms with Gasteiger partial charge in [0.05, 0.1) is 6.04 Å². The van der Waals surface area contributed by atoms with Crippen molar-refractivity contribution in [1.82, 2.24) is 4.90 Å². The normalized spacial score (nSPS) is 22.8. The third-order valence-electron chi connectivity index (χ3n) is 3.58. The molecule has 1 aliphatic heterocycles. The van der Waals surface area contributed by atoms with E-state index in [-0.39, 0.29) is 24.1 Å². The van der Waals surface area contributed by atoms with Gasteiger partial charge in [0.1, 0.15) is 12.7 Å². The van der Waals surface area contributed by atoms with Crippen LogP contribution in [-0.4, -0.2) is 44.6 Å². The fourth-order valence-corrected chi connectivity index (χ4v) is 2.80. The largest absolute Gasteiger partial charge is 0.447 e. The Morgan fingerprint density at radius 1 is 1.41 bits per heavy atom. The topological polar surface area (TPSA) is 66.8 Å². The average molecular weight is 373 g/mol. The summed E-state index contributed by atoms with van der Waals surface area (Å²) < 4.78 is 3.09. The molecule has 0 unspecified atom stereocenters. The van der Waals surface area contributed by atoms with E-state index in [4.69, 9.17) is 39.5 Å². The van der Waals surface area contributed by atoms with E-state index in [9.17, 15) is 14.7 Å². The van der Waals surface area contributed by atoms with Gasteiger partial charge in [0, 0.05) is 11.5 Å². The highest BCUT2D eigenvalue weighted by Gasteiger charge is 2.40. The van der Waals surface area contributed by atoms with E-state index < -0.39 is 27.8 Å². The van der Waals surface area contributed by atoms with Gasteiger partial charge in [-0.25, -0.2) is 9.69 Å². The molecule has 0 aliphatic carbocycles. The van der Waals surface area contributed by atoms with Crippen molar-refractivity contribution in [2.75, 3.05) is 6.61 Å². The van der Waals surface area contributed by atoms with Crippen molar-refractivity contribution in [3.05, 3.63) is 11.6 Å². The number of carbonyl (C=O) groups excluding carboxylic acids is 2. The Bertz CT molecular complexity index is 473. The number of hydrogen-bond acceptors (Lipinski definition) is 4. The Morgan fingerprint density at radius 3 is 2.41 bits per heavy atom. The van der Waals surface area contributed by atoms with Crippen molar-refractivity contribution >= 4 is 46.8 Å². The molecular weight excluding hydrogens is 353 g/mol. The number of amides is 2. The summed E-state index contributed by atoms with van der Waals surface area (Å²) in [6.07, 6.45) is -0.449. The lowest BCUT2D eigenvalue weighted by Crippen LogP contribution is -2.42. The Balaban J connectivity index is 2.92. The van der Waals surface area contributed by atoms with Crippen molar-refractivity contribution in [2.24, 2.45) is 11.8 Å². The highest BCUT2D eigenvalue weighted by Crippen LogP contribution is 2.34. The Hall–Kier alpha value is -0.490. The van der Waals surface area contributed by atoms with Crippen LogP contribution in [0.25, 0.3) is 0 Å². The summed E-state index contributed by atoms with van der Waals surface area (Å²) in [6, 6.07) is -0.309. The second-order valence-corrected chi connectivity index (χ2v) is 8.13. The van der Waals surface area contributed by atoms with E-state index in [1.807, 2.05) is 13.8 Å². The summed E-state index contributed by atoms with van der Waals surface area (Å²) in [6.45, 7) is 7.16. The molecule has 1 N–H and O–H groups in total. The monoisotopic (exact) mass is 371 g/mol. The molecule has 0 saturated carbocycles. The minimum absolute atomic E-state index is 0.0763. The van der Waals surface area contributed by atoms with E-state index in [0.29, 0.717) is 0 Å². The van der Waals surface area contributed by atoms with Gasteiger partial charge in [0.15, 0.2) is 0 Å². The van der Waals surface area contributed by atoms with E-state index in [1.165, 1.54) is 6.08 Å². The van der Waals surface area contributed by atoms with Crippen molar-refractivity contribution in [2.45, 2.75) is 43.6 Å². The predicted octanol–water partition coefficient (Wildman–Crippen LogP) is 3.30. The van der Waals surface area contributed by atoms with Crippen LogP contribution in [0.5, 0.6) is 0 Å². The van der Waals surface area contributed by atoms with Gasteiger partial charge in [-0.15, -0.1) is 0 Å². The second kappa shape index (κ2) is 7.39. The number of alkyl halides is 3. The van der Waals surface area contributed by atoms with E-state index in [0.717, 1.165) is 4.90 Å². The fourth-order valence-electron chi connectivity index (χ4n) is 2.21. The smallest absolute Gasteiger partial charge is 0.417 e. The minimum Gasteiger partial charge on any atom is -0.447 e. The first-order valence-corrected chi connectivity index (χ1v) is 8.03. The van der Waals surface area contributed by atoms with Gasteiger partial charge in [0.25, 0.3) is 5.91 Å². The molecule has 1 aliphatic rings. The molecule has 1 rings (SSSR count). The van der Waals surface area contributed by atoms with Crippen molar-refractivity contribution < 1.29 is 19.4 Å². The average Bonchev–Trinajstić information content (AvgIpc) is 2.77. The number of halogens is 3. The molecule has 1 saturated heterocycles. The first-order valence-electron chi connectivity index (χ1n) is 6.90. The summed E-state index contributed by atoms with van der Waals surface area (Å²) in [7, 11) is 0. The van der Waals surface area contributed by atoms with Crippen LogP contribution in [0.1, 0.15) is 27.7 Å². The van der Waals surface area contributed by atoms with Gasteiger partial charge < -0.3 is 9.84 Å². The Labute approximate surface area is 145 Å². The maximum absolute atomic E-state index is 12.5. The van der Waals surface area contributed by atoms with Crippen LogP contribution in [0.4, 0.5) is 4.79 Å². The molecule has 1 heterocycles. The number of hydrogen-bond donors (Lipinski definition) is 1. The molecular formula is C14H20Cl3NO4. The molecule has 8 heteroatoms. The molecule has 1 fully saturated rings. The number of aliphatic hydroxyl groups is 1. The van der Waals surface area contributed by atoms with Crippen LogP contribution in [-0.2, 0) is 9.53 Å². The zero-order valence-corrected chi connectivity index (χ0v) is 15.1. The first kappa shape index (κ1) is 19.6. The molecule has 22 heavy (non-hydrogen) atoms. The van der Waals surface area contributed by atoms with E-state index in [1.54, 1.807) is 13.8 Å². The Kier molecular flexibility index (Phi) is 6.57. The minimum atomic E-state index is -1.85. The van der Waals surface area contributed by atoms with Crippen molar-refractivity contribution in [1.29, 1.82) is 0 Å². The molecule has 3 atom stereocenters. The van der Waals surface area contributed by atoms with Gasteiger partial charge >= 0.3 is 6.09 Å². The van der Waals surface area contributed by atoms with Crippen molar-refractivity contribution in [3.8, 4) is 0 Å². The molecule has 126 valence electrons. The number of ether oxygens (including phenoxy) is 1. The number of aliphatic hydroxyl groups excluding tert-OH is 1. The molecule has 0 aromatic rings. The first-order chi connectivity index (χ1) is 9.96. The third-order valence-corrected chi connectivity index (χ3v) is 4.25. The van der Waals surface area contributed by atoms with Gasteiger partial charge in [-0.05, 0) is 12.8 Å². The van der Waals surface area contributed by atoms with Crippen molar-refractivity contribution in [3.63, 3.8) is 0 Å². The highest BCUT2D eigenvalue weighted by atomic mass is 35.6. The summed E-state index contributed by atoms with van der Waals surface area (Å²) >= 11 is 16.9. The summed E-state index contributed by atoms with van der Waals surface area (Å²) in [4.78, 5) is 25.3. The fraction of sp³-hybridized carbons (Fsp3) is 0.714. The van der Waals surface area contributed by atoms with Crippen LogP contribution in [0.2, 0.25) is 0 Å². The number of nitrogens with zero attached hydrogens (tertiary/aromatic N) is 1. The van der Waals surface area contributed by atoms with E-state index in [2.05, 4.69) is 0 Å². The molecule has 0 aromatic carbocycles. The number of cyclic esters (lactones) is 1. The van der Waals surface area contributed by atoms with E-state index >= 15 is 0 Å². The molecule has 0 aromatic heterocycles. The molecule has 5 nitrogen and oxygen atoms in total. The standard InChI is InChI=1S/C14H20Cl3NO4/c1-7(2)10-6-22-13(21)18(10)12(20)9(4)5-8(3)11(19)14(15,16)17/h5,7-8,10-11,19H,6H2,1-4H3/b9-5+/t8-,10+,11+/m1/s1. The quantitative estimate of drug-likeness (QED) is 0.607.